The number of rotatable bonds is 2. The zero-order chi connectivity index (χ0) is 14.1. The summed E-state index contributed by atoms with van der Waals surface area (Å²) in [5.41, 5.74) is 10.8. The highest BCUT2D eigenvalue weighted by atomic mass is 79.9. The van der Waals surface area contributed by atoms with Crippen LogP contribution in [0, 0.1) is 6.92 Å². The van der Waals surface area contributed by atoms with Gasteiger partial charge in [-0.3, -0.25) is 4.98 Å². The number of fused-ring (bicyclic) bond motifs is 1. The van der Waals surface area contributed by atoms with E-state index in [1.54, 1.807) is 6.20 Å². The van der Waals surface area contributed by atoms with Gasteiger partial charge in [-0.2, -0.15) is 0 Å². The quantitative estimate of drug-likeness (QED) is 0.760. The summed E-state index contributed by atoms with van der Waals surface area (Å²) < 4.78 is 1.06. The summed E-state index contributed by atoms with van der Waals surface area (Å²) in [6.45, 7) is 2.07. The van der Waals surface area contributed by atoms with Crippen molar-refractivity contribution in [3.8, 4) is 0 Å². The van der Waals surface area contributed by atoms with E-state index in [0.29, 0.717) is 0 Å². The predicted octanol–water partition coefficient (Wildman–Crippen LogP) is 4.35. The minimum atomic E-state index is -0.129. The fourth-order valence-corrected chi connectivity index (χ4v) is 3.05. The lowest BCUT2D eigenvalue weighted by molar-refractivity contribution is 0.870. The van der Waals surface area contributed by atoms with Crippen LogP contribution in [0.3, 0.4) is 0 Å². The van der Waals surface area contributed by atoms with Crippen molar-refractivity contribution in [1.82, 2.24) is 4.98 Å². The number of hydrogen-bond donors (Lipinski definition) is 1. The van der Waals surface area contributed by atoms with Crippen molar-refractivity contribution in [2.24, 2.45) is 5.73 Å². The van der Waals surface area contributed by atoms with E-state index in [-0.39, 0.29) is 6.04 Å². The lowest BCUT2D eigenvalue weighted by Crippen LogP contribution is -2.12. The largest absolute Gasteiger partial charge is 0.320 e. The maximum absolute atomic E-state index is 6.40. The second kappa shape index (κ2) is 5.35. The Morgan fingerprint density at radius 3 is 2.70 bits per heavy atom. The van der Waals surface area contributed by atoms with Crippen LogP contribution in [0.1, 0.15) is 22.7 Å². The molecule has 3 aromatic rings. The molecule has 0 aliphatic heterocycles. The smallest absolute Gasteiger partial charge is 0.0702 e. The molecule has 0 amide bonds. The summed E-state index contributed by atoms with van der Waals surface area (Å²) in [4.78, 5) is 4.33. The zero-order valence-electron chi connectivity index (χ0n) is 11.2. The minimum absolute atomic E-state index is 0.129. The third kappa shape index (κ3) is 2.60. The number of aryl methyl sites for hydroxylation is 1. The number of benzene rings is 2. The van der Waals surface area contributed by atoms with Gasteiger partial charge < -0.3 is 5.73 Å². The Morgan fingerprint density at radius 2 is 1.90 bits per heavy atom. The summed E-state index contributed by atoms with van der Waals surface area (Å²) in [7, 11) is 0. The average molecular weight is 327 g/mol. The van der Waals surface area contributed by atoms with Gasteiger partial charge >= 0.3 is 0 Å². The van der Waals surface area contributed by atoms with Crippen LogP contribution in [0.15, 0.2) is 59.2 Å². The molecule has 0 saturated heterocycles. The first-order chi connectivity index (χ1) is 9.63. The van der Waals surface area contributed by atoms with Gasteiger partial charge in [-0.15, -0.1) is 0 Å². The molecular formula is C17H15BrN2. The summed E-state index contributed by atoms with van der Waals surface area (Å²) in [5, 5.41) is 1.12. The van der Waals surface area contributed by atoms with Gasteiger partial charge in [-0.25, -0.2) is 0 Å². The van der Waals surface area contributed by atoms with E-state index in [1.165, 1.54) is 5.56 Å². The van der Waals surface area contributed by atoms with E-state index < -0.39 is 0 Å². The molecule has 0 spiro atoms. The molecule has 0 aliphatic carbocycles. The number of aromatic nitrogens is 1. The molecule has 3 heteroatoms. The van der Waals surface area contributed by atoms with Crippen LogP contribution < -0.4 is 5.73 Å². The molecule has 0 radical (unpaired) electrons. The number of nitrogens with two attached hydrogens (primary N) is 1. The van der Waals surface area contributed by atoms with Crippen LogP contribution in [-0.4, -0.2) is 4.98 Å². The molecule has 1 heterocycles. The molecule has 2 aromatic carbocycles. The van der Waals surface area contributed by atoms with Crippen molar-refractivity contribution in [2.45, 2.75) is 13.0 Å². The third-order valence-corrected chi connectivity index (χ3v) is 3.87. The fourth-order valence-electron chi connectivity index (χ4n) is 2.42. The number of halogens is 1. The molecule has 2 N–H and O–H groups in total. The number of pyridine rings is 1. The van der Waals surface area contributed by atoms with E-state index in [2.05, 4.69) is 64.2 Å². The normalized spacial score (nSPS) is 12.6. The zero-order valence-corrected chi connectivity index (χ0v) is 12.8. The van der Waals surface area contributed by atoms with Gasteiger partial charge in [0.2, 0.25) is 0 Å². The highest BCUT2D eigenvalue weighted by molar-refractivity contribution is 9.10. The van der Waals surface area contributed by atoms with Gasteiger partial charge in [0.05, 0.1) is 11.6 Å². The molecule has 20 heavy (non-hydrogen) atoms. The Bertz CT molecular complexity index is 748. The molecule has 1 aromatic heterocycles. The van der Waals surface area contributed by atoms with Crippen molar-refractivity contribution in [3.63, 3.8) is 0 Å². The number of nitrogens with zero attached hydrogens (tertiary/aromatic N) is 1. The molecule has 100 valence electrons. The van der Waals surface area contributed by atoms with Crippen LogP contribution >= 0.6 is 15.9 Å². The minimum Gasteiger partial charge on any atom is -0.320 e. The standard InChI is InChI=1S/C17H15BrN2/c1-11-7-14(10-15(18)8-11)17(19)13-4-5-16-12(9-13)3-2-6-20-16/h2-10,17H,19H2,1H3. The maximum atomic E-state index is 6.40. The highest BCUT2D eigenvalue weighted by Gasteiger charge is 2.10. The highest BCUT2D eigenvalue weighted by Crippen LogP contribution is 2.26. The Balaban J connectivity index is 2.05. The summed E-state index contributed by atoms with van der Waals surface area (Å²) in [6.07, 6.45) is 1.81. The molecule has 1 unspecified atom stereocenters. The van der Waals surface area contributed by atoms with E-state index in [9.17, 15) is 0 Å². The van der Waals surface area contributed by atoms with Crippen LogP contribution in [0.2, 0.25) is 0 Å². The SMILES string of the molecule is Cc1cc(Br)cc(C(N)c2ccc3ncccc3c2)c1. The van der Waals surface area contributed by atoms with Crippen LogP contribution in [0.5, 0.6) is 0 Å². The first-order valence-electron chi connectivity index (χ1n) is 6.51. The van der Waals surface area contributed by atoms with Crippen molar-refractivity contribution in [3.05, 3.63) is 75.9 Å². The number of hydrogen-bond acceptors (Lipinski definition) is 2. The molecule has 2 nitrogen and oxygen atoms in total. The van der Waals surface area contributed by atoms with Crippen molar-refractivity contribution < 1.29 is 0 Å². The van der Waals surface area contributed by atoms with Gasteiger partial charge in [-0.05, 0) is 53.9 Å². The molecule has 0 saturated carbocycles. The third-order valence-electron chi connectivity index (χ3n) is 3.41. The first-order valence-corrected chi connectivity index (χ1v) is 7.30. The summed E-state index contributed by atoms with van der Waals surface area (Å²) in [6, 6.07) is 16.4. The molecule has 0 aliphatic rings. The Labute approximate surface area is 126 Å². The Morgan fingerprint density at radius 1 is 1.05 bits per heavy atom. The first kappa shape index (κ1) is 13.3. The Kier molecular flexibility index (Phi) is 3.55. The summed E-state index contributed by atoms with van der Waals surface area (Å²) in [5.74, 6) is 0. The predicted molar refractivity (Wildman–Crippen MR) is 86.7 cm³/mol. The molecule has 1 atom stereocenters. The monoisotopic (exact) mass is 326 g/mol. The average Bonchev–Trinajstić information content (AvgIpc) is 2.45. The van der Waals surface area contributed by atoms with E-state index >= 15 is 0 Å². The molecular weight excluding hydrogens is 312 g/mol. The maximum Gasteiger partial charge on any atom is 0.0702 e. The van der Waals surface area contributed by atoms with Crippen LogP contribution in [0.25, 0.3) is 10.9 Å². The fraction of sp³-hybridized carbons (Fsp3) is 0.118. The van der Waals surface area contributed by atoms with Crippen molar-refractivity contribution in [1.29, 1.82) is 0 Å². The lowest BCUT2D eigenvalue weighted by Gasteiger charge is -2.14. The van der Waals surface area contributed by atoms with Gasteiger partial charge in [0.1, 0.15) is 0 Å². The van der Waals surface area contributed by atoms with Gasteiger partial charge in [-0.1, -0.05) is 34.1 Å². The lowest BCUT2D eigenvalue weighted by atomic mass is 9.97. The Hall–Kier alpha value is -1.71. The molecule has 0 fully saturated rings. The van der Waals surface area contributed by atoms with Gasteiger partial charge in [0, 0.05) is 16.1 Å². The molecule has 3 rings (SSSR count). The van der Waals surface area contributed by atoms with E-state index in [0.717, 1.165) is 26.5 Å². The van der Waals surface area contributed by atoms with Crippen molar-refractivity contribution >= 4 is 26.8 Å². The van der Waals surface area contributed by atoms with Crippen molar-refractivity contribution in [2.75, 3.05) is 0 Å². The van der Waals surface area contributed by atoms with E-state index in [4.69, 9.17) is 5.73 Å². The molecule has 0 bridgehead atoms. The van der Waals surface area contributed by atoms with E-state index in [1.807, 2.05) is 12.1 Å². The second-order valence-corrected chi connectivity index (χ2v) is 5.91. The summed E-state index contributed by atoms with van der Waals surface area (Å²) >= 11 is 3.53. The second-order valence-electron chi connectivity index (χ2n) is 5.00. The van der Waals surface area contributed by atoms with Gasteiger partial charge in [0.25, 0.3) is 0 Å². The topological polar surface area (TPSA) is 38.9 Å². The van der Waals surface area contributed by atoms with Crippen LogP contribution in [0.4, 0.5) is 0 Å². The van der Waals surface area contributed by atoms with Gasteiger partial charge in [0.15, 0.2) is 0 Å². The van der Waals surface area contributed by atoms with Crippen LogP contribution in [-0.2, 0) is 0 Å².